The summed E-state index contributed by atoms with van der Waals surface area (Å²) in [5.41, 5.74) is 6.03. The number of carbonyl (C=O) groups excluding carboxylic acids is 2. The van der Waals surface area contributed by atoms with Gasteiger partial charge in [0.05, 0.1) is 4.91 Å². The van der Waals surface area contributed by atoms with E-state index in [0.717, 1.165) is 17.3 Å². The molecule has 1 aromatic carbocycles. The molecule has 2 N–H and O–H groups in total. The normalized spacial score (nSPS) is 17.6. The first-order valence-electron chi connectivity index (χ1n) is 5.16. The van der Waals surface area contributed by atoms with Crippen LogP contribution in [-0.2, 0) is 4.79 Å². The first kappa shape index (κ1) is 12.8. The number of hydrogen-bond donors (Lipinski definition) is 1. The maximum Gasteiger partial charge on any atom is 0.292 e. The average Bonchev–Trinajstić information content (AvgIpc) is 2.58. The summed E-state index contributed by atoms with van der Waals surface area (Å²) < 4.78 is 0. The van der Waals surface area contributed by atoms with Crippen molar-refractivity contribution in [2.24, 2.45) is 5.73 Å². The van der Waals surface area contributed by atoms with Gasteiger partial charge in [0.1, 0.15) is 11.5 Å². The van der Waals surface area contributed by atoms with Crippen molar-refractivity contribution in [2.45, 2.75) is 0 Å². The van der Waals surface area contributed by atoms with Gasteiger partial charge in [0.2, 0.25) is 5.91 Å². The highest BCUT2D eigenvalue weighted by molar-refractivity contribution is 8.19. The Morgan fingerprint density at radius 2 is 2.06 bits per heavy atom. The van der Waals surface area contributed by atoms with Crippen LogP contribution in [0.25, 0.3) is 6.08 Å². The van der Waals surface area contributed by atoms with Crippen LogP contribution in [0.3, 0.4) is 0 Å². The molecule has 0 radical (unpaired) electrons. The van der Waals surface area contributed by atoms with Gasteiger partial charge in [-0.2, -0.15) is 0 Å². The minimum Gasteiger partial charge on any atom is -0.368 e. The third-order valence-electron chi connectivity index (χ3n) is 2.28. The smallest absolute Gasteiger partial charge is 0.292 e. The second-order valence-corrected chi connectivity index (χ2v) is 5.02. The maximum atomic E-state index is 11.7. The zero-order chi connectivity index (χ0) is 13.1. The van der Waals surface area contributed by atoms with Crippen molar-refractivity contribution in [1.82, 2.24) is 4.90 Å². The van der Waals surface area contributed by atoms with Crippen LogP contribution in [0.2, 0.25) is 0 Å². The number of primary amides is 1. The largest absolute Gasteiger partial charge is 0.368 e. The first-order chi connectivity index (χ1) is 8.58. The second-order valence-electron chi connectivity index (χ2n) is 3.64. The van der Waals surface area contributed by atoms with Crippen molar-refractivity contribution >= 4 is 46.2 Å². The molecule has 2 amide bonds. The van der Waals surface area contributed by atoms with E-state index < -0.39 is 5.91 Å². The number of thioether (sulfide) groups is 1. The Hall–Kier alpha value is -1.66. The lowest BCUT2D eigenvalue weighted by Crippen LogP contribution is -2.35. The lowest BCUT2D eigenvalue weighted by atomic mass is 10.2. The van der Waals surface area contributed by atoms with Gasteiger partial charge in [-0.3, -0.25) is 14.5 Å². The molecule has 6 heteroatoms. The molecule has 2 rings (SSSR count). The van der Waals surface area contributed by atoms with Gasteiger partial charge in [-0.15, -0.1) is 0 Å². The Balaban J connectivity index is 2.23. The van der Waals surface area contributed by atoms with Gasteiger partial charge in [-0.05, 0) is 23.4 Å². The number of rotatable bonds is 3. The Kier molecular flexibility index (Phi) is 3.78. The van der Waals surface area contributed by atoms with Gasteiger partial charge < -0.3 is 5.73 Å². The molecule has 1 fully saturated rings. The zero-order valence-electron chi connectivity index (χ0n) is 9.33. The summed E-state index contributed by atoms with van der Waals surface area (Å²) in [5, 5.41) is -0.263. The molecule has 18 heavy (non-hydrogen) atoms. The van der Waals surface area contributed by atoms with Gasteiger partial charge in [0, 0.05) is 0 Å². The Morgan fingerprint density at radius 3 is 2.67 bits per heavy atom. The van der Waals surface area contributed by atoms with Crippen molar-refractivity contribution in [3.05, 3.63) is 40.8 Å². The SMILES string of the molecule is NC(=O)CN1C(=O)S/C(=C\c2ccccc2)C1=S. The highest BCUT2D eigenvalue weighted by atomic mass is 32.2. The lowest BCUT2D eigenvalue weighted by Gasteiger charge is -2.11. The van der Waals surface area contributed by atoms with Crippen LogP contribution in [-0.4, -0.2) is 27.6 Å². The van der Waals surface area contributed by atoms with Crippen molar-refractivity contribution in [3.8, 4) is 0 Å². The maximum absolute atomic E-state index is 11.7. The highest BCUT2D eigenvalue weighted by Gasteiger charge is 2.32. The molecular weight excluding hydrogens is 268 g/mol. The molecule has 0 unspecified atom stereocenters. The summed E-state index contributed by atoms with van der Waals surface area (Å²) in [7, 11) is 0. The van der Waals surface area contributed by atoms with E-state index in [2.05, 4.69) is 0 Å². The highest BCUT2D eigenvalue weighted by Crippen LogP contribution is 2.32. The molecule has 1 heterocycles. The van der Waals surface area contributed by atoms with Crippen LogP contribution in [0, 0.1) is 0 Å². The number of thiocarbonyl (C=S) groups is 1. The van der Waals surface area contributed by atoms with E-state index in [4.69, 9.17) is 18.0 Å². The predicted octanol–water partition coefficient (Wildman–Crippen LogP) is 2.01. The van der Waals surface area contributed by atoms with Crippen molar-refractivity contribution in [3.63, 3.8) is 0 Å². The summed E-state index contributed by atoms with van der Waals surface area (Å²) in [5.74, 6) is -0.577. The fraction of sp³-hybridized carbons (Fsp3) is 0.0833. The molecule has 1 aliphatic heterocycles. The van der Waals surface area contributed by atoms with Gasteiger partial charge in [-0.25, -0.2) is 0 Å². The van der Waals surface area contributed by atoms with Gasteiger partial charge >= 0.3 is 0 Å². The number of nitrogens with two attached hydrogens (primary N) is 1. The lowest BCUT2D eigenvalue weighted by molar-refractivity contribution is -0.117. The van der Waals surface area contributed by atoms with Crippen LogP contribution < -0.4 is 5.73 Å². The molecular formula is C12H10N2O2S2. The van der Waals surface area contributed by atoms with Gasteiger partial charge in [-0.1, -0.05) is 42.5 Å². The topological polar surface area (TPSA) is 63.4 Å². The van der Waals surface area contributed by atoms with Crippen LogP contribution in [0.15, 0.2) is 35.2 Å². The van der Waals surface area contributed by atoms with E-state index >= 15 is 0 Å². The van der Waals surface area contributed by atoms with Crippen LogP contribution >= 0.6 is 24.0 Å². The van der Waals surface area contributed by atoms with E-state index in [1.165, 1.54) is 4.90 Å². The number of hydrogen-bond acceptors (Lipinski definition) is 4. The zero-order valence-corrected chi connectivity index (χ0v) is 11.0. The van der Waals surface area contributed by atoms with E-state index in [-0.39, 0.29) is 11.8 Å². The number of carbonyl (C=O) groups is 2. The minimum atomic E-state index is -0.577. The third kappa shape index (κ3) is 2.77. The molecule has 1 saturated heterocycles. The Bertz CT molecular complexity index is 540. The van der Waals surface area contributed by atoms with Crippen LogP contribution in [0.1, 0.15) is 5.56 Å². The van der Waals surface area contributed by atoms with E-state index in [0.29, 0.717) is 9.89 Å². The Morgan fingerprint density at radius 1 is 1.39 bits per heavy atom. The number of benzene rings is 1. The summed E-state index contributed by atoms with van der Waals surface area (Å²) in [4.78, 5) is 24.8. The van der Waals surface area contributed by atoms with Crippen molar-refractivity contribution in [1.29, 1.82) is 0 Å². The summed E-state index contributed by atoms with van der Waals surface area (Å²) >= 11 is 6.18. The van der Waals surface area contributed by atoms with E-state index in [1.807, 2.05) is 36.4 Å². The van der Waals surface area contributed by atoms with Crippen LogP contribution in [0.4, 0.5) is 4.79 Å². The summed E-state index contributed by atoms with van der Waals surface area (Å²) in [6, 6.07) is 9.54. The fourth-order valence-corrected chi connectivity index (χ4v) is 2.73. The quantitative estimate of drug-likeness (QED) is 0.678. The molecule has 1 aromatic rings. The summed E-state index contributed by atoms with van der Waals surface area (Å²) in [6.07, 6.45) is 1.83. The monoisotopic (exact) mass is 278 g/mol. The second kappa shape index (κ2) is 5.32. The van der Waals surface area contributed by atoms with Crippen molar-refractivity contribution in [2.75, 3.05) is 6.54 Å². The molecule has 0 spiro atoms. The molecule has 1 aliphatic rings. The van der Waals surface area contributed by atoms with Gasteiger partial charge in [0.15, 0.2) is 0 Å². The van der Waals surface area contributed by atoms with Crippen LogP contribution in [0.5, 0.6) is 0 Å². The third-order valence-corrected chi connectivity index (χ3v) is 3.78. The number of amides is 2. The molecule has 92 valence electrons. The Labute approximate surface area is 114 Å². The first-order valence-corrected chi connectivity index (χ1v) is 6.39. The molecule has 0 aliphatic carbocycles. The van der Waals surface area contributed by atoms with E-state index in [1.54, 1.807) is 0 Å². The standard InChI is InChI=1S/C12H10N2O2S2/c13-10(15)7-14-11(17)9(18-12(14)16)6-8-4-2-1-3-5-8/h1-6H,7H2,(H2,13,15)/b9-6-. The predicted molar refractivity (Wildman–Crippen MR) is 75.9 cm³/mol. The molecule has 0 atom stereocenters. The summed E-state index contributed by atoms with van der Waals surface area (Å²) in [6.45, 7) is -0.170. The number of nitrogens with zero attached hydrogens (tertiary/aromatic N) is 1. The molecule has 0 saturated carbocycles. The average molecular weight is 278 g/mol. The van der Waals surface area contributed by atoms with Gasteiger partial charge in [0.25, 0.3) is 5.24 Å². The molecule has 0 bridgehead atoms. The molecule has 0 aromatic heterocycles. The minimum absolute atomic E-state index is 0.170. The molecule has 4 nitrogen and oxygen atoms in total. The fourth-order valence-electron chi connectivity index (χ4n) is 1.49. The van der Waals surface area contributed by atoms with E-state index in [9.17, 15) is 9.59 Å². The van der Waals surface area contributed by atoms with Crippen molar-refractivity contribution < 1.29 is 9.59 Å².